The summed E-state index contributed by atoms with van der Waals surface area (Å²) in [6, 6.07) is 9.71. The molecule has 0 bridgehead atoms. The molecule has 0 saturated heterocycles. The molecule has 114 valence electrons. The molecule has 0 radical (unpaired) electrons. The molecule has 0 spiro atoms. The first-order valence-electron chi connectivity index (χ1n) is 6.57. The topological polar surface area (TPSA) is 33.2 Å². The molecule has 7 heteroatoms. The minimum absolute atomic E-state index is 0.107. The van der Waals surface area contributed by atoms with Crippen LogP contribution in [0.2, 0.25) is 5.02 Å². The molecular weight excluding hydrogens is 356 g/mol. The van der Waals surface area contributed by atoms with Crippen LogP contribution in [0.15, 0.2) is 40.1 Å². The Morgan fingerprint density at radius 1 is 1.41 bits per heavy atom. The van der Waals surface area contributed by atoms with Gasteiger partial charge >= 0.3 is 0 Å². The second-order valence-corrected chi connectivity index (χ2v) is 8.43. The average Bonchev–Trinajstić information content (AvgIpc) is 3.13. The largest absolute Gasteiger partial charge is 0.340 e. The predicted octanol–water partition coefficient (Wildman–Crippen LogP) is 4.76. The number of hydrogen-bond acceptors (Lipinski definition) is 5. The standard InChI is InChI=1S/C15H13ClN2OS3/c1-18(8-11-3-2-6-20-11)14(19)9-21-15-17-12-7-10(16)4-5-13(12)22-15/h2-7H,8-9H2,1H3. The summed E-state index contributed by atoms with van der Waals surface area (Å²) in [5, 5.41) is 2.70. The van der Waals surface area contributed by atoms with E-state index in [2.05, 4.69) is 4.98 Å². The van der Waals surface area contributed by atoms with Gasteiger partial charge in [-0.1, -0.05) is 29.4 Å². The van der Waals surface area contributed by atoms with Crippen molar-refractivity contribution in [2.75, 3.05) is 12.8 Å². The van der Waals surface area contributed by atoms with Crippen molar-refractivity contribution in [3.63, 3.8) is 0 Å². The van der Waals surface area contributed by atoms with Crippen LogP contribution >= 0.6 is 46.0 Å². The summed E-state index contributed by atoms with van der Waals surface area (Å²) in [4.78, 5) is 19.6. The van der Waals surface area contributed by atoms with Gasteiger partial charge in [0.2, 0.25) is 5.91 Å². The van der Waals surface area contributed by atoms with Crippen molar-refractivity contribution in [3.8, 4) is 0 Å². The van der Waals surface area contributed by atoms with Crippen molar-refractivity contribution in [2.24, 2.45) is 0 Å². The Balaban J connectivity index is 1.59. The number of rotatable bonds is 5. The van der Waals surface area contributed by atoms with Gasteiger partial charge in [-0.05, 0) is 29.6 Å². The molecule has 2 aromatic heterocycles. The summed E-state index contributed by atoms with van der Waals surface area (Å²) in [7, 11) is 1.83. The van der Waals surface area contributed by atoms with Gasteiger partial charge in [-0.15, -0.1) is 22.7 Å². The highest BCUT2D eigenvalue weighted by molar-refractivity contribution is 8.01. The third-order valence-electron chi connectivity index (χ3n) is 3.05. The van der Waals surface area contributed by atoms with Gasteiger partial charge in [0.1, 0.15) is 0 Å². The smallest absolute Gasteiger partial charge is 0.233 e. The van der Waals surface area contributed by atoms with Crippen molar-refractivity contribution < 1.29 is 4.79 Å². The number of thiazole rings is 1. The predicted molar refractivity (Wildman–Crippen MR) is 96.1 cm³/mol. The van der Waals surface area contributed by atoms with E-state index in [0.717, 1.165) is 14.6 Å². The fourth-order valence-corrected chi connectivity index (χ4v) is 4.81. The molecular formula is C15H13ClN2OS3. The van der Waals surface area contributed by atoms with Crippen molar-refractivity contribution in [1.29, 1.82) is 0 Å². The number of carbonyl (C=O) groups excluding carboxylic acids is 1. The molecule has 0 saturated carbocycles. The minimum atomic E-state index is 0.107. The zero-order valence-corrected chi connectivity index (χ0v) is 15.0. The van der Waals surface area contributed by atoms with Gasteiger partial charge in [-0.3, -0.25) is 4.79 Å². The molecule has 0 aliphatic heterocycles. The van der Waals surface area contributed by atoms with Gasteiger partial charge in [0.05, 0.1) is 22.5 Å². The molecule has 0 atom stereocenters. The number of thioether (sulfide) groups is 1. The first-order chi connectivity index (χ1) is 10.6. The van der Waals surface area contributed by atoms with Crippen LogP contribution in [0.1, 0.15) is 4.88 Å². The molecule has 0 aliphatic carbocycles. The lowest BCUT2D eigenvalue weighted by atomic mass is 10.3. The van der Waals surface area contributed by atoms with Crippen molar-refractivity contribution in [1.82, 2.24) is 9.88 Å². The Labute approximate surface area is 145 Å². The number of halogens is 1. The molecule has 0 fully saturated rings. The van der Waals surface area contributed by atoms with Crippen LogP contribution in [0.25, 0.3) is 10.2 Å². The van der Waals surface area contributed by atoms with E-state index in [0.29, 0.717) is 17.3 Å². The number of benzene rings is 1. The third-order valence-corrected chi connectivity index (χ3v) is 6.31. The second-order valence-electron chi connectivity index (χ2n) is 4.71. The van der Waals surface area contributed by atoms with E-state index in [9.17, 15) is 4.79 Å². The number of nitrogens with zero attached hydrogens (tertiary/aromatic N) is 2. The average molecular weight is 369 g/mol. The number of thiophene rings is 1. The quantitative estimate of drug-likeness (QED) is 0.608. The Morgan fingerprint density at radius 3 is 3.05 bits per heavy atom. The normalized spacial score (nSPS) is 11.0. The number of fused-ring (bicyclic) bond motifs is 1. The highest BCUT2D eigenvalue weighted by atomic mass is 35.5. The summed E-state index contributed by atoms with van der Waals surface area (Å²) in [6.07, 6.45) is 0. The SMILES string of the molecule is CN(Cc1cccs1)C(=O)CSc1nc2cc(Cl)ccc2s1. The van der Waals surface area contributed by atoms with E-state index < -0.39 is 0 Å². The van der Waals surface area contributed by atoms with E-state index >= 15 is 0 Å². The van der Waals surface area contributed by atoms with Crippen LogP contribution in [0, 0.1) is 0 Å². The van der Waals surface area contributed by atoms with Crippen LogP contribution in [-0.2, 0) is 11.3 Å². The van der Waals surface area contributed by atoms with E-state index in [1.54, 1.807) is 27.6 Å². The van der Waals surface area contributed by atoms with Crippen LogP contribution in [0.4, 0.5) is 0 Å². The zero-order valence-electron chi connectivity index (χ0n) is 11.8. The molecule has 3 nitrogen and oxygen atoms in total. The molecule has 0 N–H and O–H groups in total. The van der Waals surface area contributed by atoms with Gasteiger partial charge in [-0.2, -0.15) is 0 Å². The van der Waals surface area contributed by atoms with Crippen LogP contribution in [0.5, 0.6) is 0 Å². The second kappa shape index (κ2) is 7.00. The molecule has 0 aliphatic rings. The summed E-state index contributed by atoms with van der Waals surface area (Å²) in [5.41, 5.74) is 0.888. The Kier molecular flexibility index (Phi) is 5.03. The Morgan fingerprint density at radius 2 is 2.27 bits per heavy atom. The fraction of sp³-hybridized carbons (Fsp3) is 0.200. The van der Waals surface area contributed by atoms with Crippen LogP contribution < -0.4 is 0 Å². The summed E-state index contributed by atoms with van der Waals surface area (Å²) < 4.78 is 1.99. The van der Waals surface area contributed by atoms with Crippen LogP contribution in [0.3, 0.4) is 0 Å². The lowest BCUT2D eigenvalue weighted by molar-refractivity contribution is -0.127. The third kappa shape index (κ3) is 3.81. The number of carbonyl (C=O) groups is 1. The number of amides is 1. The number of aromatic nitrogens is 1. The van der Waals surface area contributed by atoms with Gasteiger partial charge in [0.25, 0.3) is 0 Å². The molecule has 2 heterocycles. The minimum Gasteiger partial charge on any atom is -0.340 e. The first kappa shape index (κ1) is 15.8. The highest BCUT2D eigenvalue weighted by Crippen LogP contribution is 2.31. The summed E-state index contributed by atoms with van der Waals surface area (Å²) in [6.45, 7) is 0.659. The molecule has 3 rings (SSSR count). The Bertz CT molecular complexity index is 785. The molecule has 0 unspecified atom stereocenters. The van der Waals surface area contributed by atoms with Crippen molar-refractivity contribution >= 4 is 62.2 Å². The van der Waals surface area contributed by atoms with Crippen molar-refractivity contribution in [3.05, 3.63) is 45.6 Å². The lowest BCUT2D eigenvalue weighted by Crippen LogP contribution is -2.27. The van der Waals surface area contributed by atoms with Gasteiger partial charge in [0, 0.05) is 16.9 Å². The van der Waals surface area contributed by atoms with E-state index in [4.69, 9.17) is 11.6 Å². The lowest BCUT2D eigenvalue weighted by Gasteiger charge is -2.15. The number of hydrogen-bond donors (Lipinski definition) is 0. The molecule has 22 heavy (non-hydrogen) atoms. The summed E-state index contributed by atoms with van der Waals surface area (Å²) in [5.74, 6) is 0.505. The van der Waals surface area contributed by atoms with E-state index in [1.807, 2.05) is 42.8 Å². The maximum Gasteiger partial charge on any atom is 0.233 e. The van der Waals surface area contributed by atoms with Crippen molar-refractivity contribution in [2.45, 2.75) is 10.9 Å². The molecule has 1 amide bonds. The van der Waals surface area contributed by atoms with Gasteiger partial charge in [-0.25, -0.2) is 4.98 Å². The Hall–Kier alpha value is -1.08. The van der Waals surface area contributed by atoms with E-state index in [-0.39, 0.29) is 5.91 Å². The molecule has 3 aromatic rings. The molecule has 1 aromatic carbocycles. The fourth-order valence-electron chi connectivity index (χ4n) is 1.90. The monoisotopic (exact) mass is 368 g/mol. The van der Waals surface area contributed by atoms with Gasteiger partial charge in [0.15, 0.2) is 4.34 Å². The van der Waals surface area contributed by atoms with Crippen LogP contribution in [-0.4, -0.2) is 28.6 Å². The van der Waals surface area contributed by atoms with Gasteiger partial charge < -0.3 is 4.90 Å². The summed E-state index contributed by atoms with van der Waals surface area (Å²) >= 11 is 10.7. The zero-order chi connectivity index (χ0) is 15.5. The maximum absolute atomic E-state index is 12.2. The first-order valence-corrected chi connectivity index (χ1v) is 9.63. The highest BCUT2D eigenvalue weighted by Gasteiger charge is 2.12. The van der Waals surface area contributed by atoms with E-state index in [1.165, 1.54) is 16.6 Å². The maximum atomic E-state index is 12.2.